The fourth-order valence-electron chi connectivity index (χ4n) is 3.63. The molecule has 0 atom stereocenters. The number of carbonyl (C=O) groups is 1. The van der Waals surface area contributed by atoms with E-state index >= 15 is 0 Å². The number of hydrogen-bond donors (Lipinski definition) is 2. The summed E-state index contributed by atoms with van der Waals surface area (Å²) < 4.78 is 11.0. The van der Waals surface area contributed by atoms with E-state index in [-0.39, 0.29) is 0 Å². The predicted octanol–water partition coefficient (Wildman–Crippen LogP) is 7.21. The number of allylic oxidation sites excluding steroid dienone is 1. The first-order valence-corrected chi connectivity index (χ1v) is 11.6. The van der Waals surface area contributed by atoms with Crippen LogP contribution in [0.15, 0.2) is 78.0 Å². The minimum Gasteiger partial charge on any atom is -0.492 e. The van der Waals surface area contributed by atoms with E-state index in [2.05, 4.69) is 34.5 Å². The molecule has 35 heavy (non-hydrogen) atoms. The molecule has 0 bridgehead atoms. The summed E-state index contributed by atoms with van der Waals surface area (Å²) >= 11 is 0. The van der Waals surface area contributed by atoms with Crippen LogP contribution in [0.5, 0.6) is 5.75 Å². The minimum absolute atomic E-state index is 0.330. The zero-order chi connectivity index (χ0) is 25.3. The summed E-state index contributed by atoms with van der Waals surface area (Å²) in [6.07, 6.45) is 2.04. The second kappa shape index (κ2) is 11.9. The van der Waals surface area contributed by atoms with Gasteiger partial charge in [-0.05, 0) is 73.7 Å². The Kier molecular flexibility index (Phi) is 8.73. The molecule has 7 heteroatoms. The van der Waals surface area contributed by atoms with Crippen LogP contribution in [0, 0.1) is 5.53 Å². The minimum atomic E-state index is -0.586. The molecule has 0 saturated carbocycles. The Labute approximate surface area is 206 Å². The van der Waals surface area contributed by atoms with E-state index in [0.717, 1.165) is 34.4 Å². The molecular formula is C28H32N4O3. The Morgan fingerprint density at radius 1 is 0.971 bits per heavy atom. The van der Waals surface area contributed by atoms with Gasteiger partial charge in [-0.3, -0.25) is 5.32 Å². The van der Waals surface area contributed by atoms with Crippen LogP contribution in [0.1, 0.15) is 50.8 Å². The Hall–Kier alpha value is -4.00. The third-order valence-corrected chi connectivity index (χ3v) is 5.07. The normalized spacial score (nSPS) is 11.9. The van der Waals surface area contributed by atoms with E-state index in [4.69, 9.17) is 15.0 Å². The molecule has 0 aliphatic heterocycles. The third kappa shape index (κ3) is 7.50. The van der Waals surface area contributed by atoms with E-state index in [1.165, 1.54) is 5.57 Å². The molecule has 1 aromatic heterocycles. The van der Waals surface area contributed by atoms with E-state index in [9.17, 15) is 4.79 Å². The highest BCUT2D eigenvalue weighted by Gasteiger charge is 2.17. The Bertz CT molecular complexity index is 1150. The fourth-order valence-corrected chi connectivity index (χ4v) is 3.63. The average Bonchev–Trinajstić information content (AvgIpc) is 2.83. The molecule has 0 radical (unpaired) electrons. The first-order chi connectivity index (χ1) is 16.8. The van der Waals surface area contributed by atoms with Gasteiger partial charge < -0.3 is 9.47 Å². The number of rotatable bonds is 9. The summed E-state index contributed by atoms with van der Waals surface area (Å²) in [7, 11) is 0. The maximum absolute atomic E-state index is 12.1. The third-order valence-electron chi connectivity index (χ3n) is 5.07. The molecule has 0 aliphatic carbocycles. The first-order valence-electron chi connectivity index (χ1n) is 11.6. The van der Waals surface area contributed by atoms with E-state index in [1.54, 1.807) is 12.3 Å². The number of benzene rings is 2. The Balaban J connectivity index is 1.97. The second-order valence-electron chi connectivity index (χ2n) is 8.89. The van der Waals surface area contributed by atoms with Crippen molar-refractivity contribution < 1.29 is 14.3 Å². The molecule has 0 spiro atoms. The number of ether oxygens (including phenoxy) is 2. The average molecular weight is 473 g/mol. The molecular weight excluding hydrogens is 440 g/mol. The standard InChI is InChI=1S/C28H32N4O3/c1-5-24(20-9-7-6-8-10-20)26(21-11-14-23(15-12-21)34-18-17-31-29)22-13-16-25(30-19-22)32-27(33)35-28(2,3)4/h6-16,19,29H,5,17-18H2,1-4H3,(H,30,32,33)/b26-24+,31-29?. The highest BCUT2D eigenvalue weighted by Crippen LogP contribution is 2.35. The maximum Gasteiger partial charge on any atom is 0.413 e. The van der Waals surface area contributed by atoms with Crippen LogP contribution >= 0.6 is 0 Å². The summed E-state index contributed by atoms with van der Waals surface area (Å²) in [4.78, 5) is 16.6. The van der Waals surface area contributed by atoms with Gasteiger partial charge in [0.1, 0.15) is 23.8 Å². The molecule has 3 rings (SSSR count). The van der Waals surface area contributed by atoms with Gasteiger partial charge >= 0.3 is 6.09 Å². The van der Waals surface area contributed by atoms with Gasteiger partial charge in [-0.15, -0.1) is 0 Å². The van der Waals surface area contributed by atoms with Gasteiger partial charge in [0.25, 0.3) is 0 Å². The summed E-state index contributed by atoms with van der Waals surface area (Å²) in [5, 5.41) is 6.01. The van der Waals surface area contributed by atoms with Crippen molar-refractivity contribution in [2.24, 2.45) is 5.11 Å². The fraction of sp³-hybridized carbons (Fsp3) is 0.286. The molecule has 2 aromatic carbocycles. The first kappa shape index (κ1) is 25.6. The summed E-state index contributed by atoms with van der Waals surface area (Å²) in [5.74, 6) is 1.15. The summed E-state index contributed by atoms with van der Waals surface area (Å²) in [6, 6.07) is 21.9. The van der Waals surface area contributed by atoms with Crippen LogP contribution < -0.4 is 10.1 Å². The number of anilines is 1. The number of hydrogen-bond acceptors (Lipinski definition) is 6. The molecule has 1 heterocycles. The smallest absolute Gasteiger partial charge is 0.413 e. The number of aromatic nitrogens is 1. The monoisotopic (exact) mass is 472 g/mol. The van der Waals surface area contributed by atoms with Crippen molar-refractivity contribution >= 4 is 23.1 Å². The number of nitrogens with zero attached hydrogens (tertiary/aromatic N) is 2. The van der Waals surface area contributed by atoms with Gasteiger partial charge in [-0.25, -0.2) is 15.3 Å². The van der Waals surface area contributed by atoms with E-state index < -0.39 is 11.7 Å². The Morgan fingerprint density at radius 2 is 1.66 bits per heavy atom. The molecule has 1 amide bonds. The number of pyridine rings is 1. The van der Waals surface area contributed by atoms with Gasteiger partial charge in [0.15, 0.2) is 0 Å². The number of nitrogens with one attached hydrogen (secondary N) is 2. The molecule has 0 unspecified atom stereocenters. The SMILES string of the molecule is CC/C(=C(/c1ccc(OCCN=N)cc1)c1ccc(NC(=O)OC(C)(C)C)nc1)c1ccccc1. The molecule has 0 aliphatic rings. The molecule has 2 N–H and O–H groups in total. The largest absolute Gasteiger partial charge is 0.492 e. The lowest BCUT2D eigenvalue weighted by atomic mass is 9.89. The number of amides is 1. The topological polar surface area (TPSA) is 96.7 Å². The lowest BCUT2D eigenvalue weighted by molar-refractivity contribution is 0.0635. The highest BCUT2D eigenvalue weighted by atomic mass is 16.6. The molecule has 182 valence electrons. The van der Waals surface area contributed by atoms with Crippen molar-refractivity contribution in [2.45, 2.75) is 39.7 Å². The van der Waals surface area contributed by atoms with Gasteiger partial charge in [-0.2, -0.15) is 5.11 Å². The van der Waals surface area contributed by atoms with Gasteiger partial charge in [0, 0.05) is 11.8 Å². The van der Waals surface area contributed by atoms with Crippen LogP contribution in [0.25, 0.3) is 11.1 Å². The predicted molar refractivity (Wildman–Crippen MR) is 139 cm³/mol. The van der Waals surface area contributed by atoms with Crippen molar-refractivity contribution in [3.05, 3.63) is 89.6 Å². The van der Waals surface area contributed by atoms with Crippen molar-refractivity contribution in [3.63, 3.8) is 0 Å². The summed E-state index contributed by atoms with van der Waals surface area (Å²) in [6.45, 7) is 8.28. The van der Waals surface area contributed by atoms with Crippen LogP contribution in [0.2, 0.25) is 0 Å². The van der Waals surface area contributed by atoms with Crippen LogP contribution in [0.3, 0.4) is 0 Å². The maximum atomic E-state index is 12.1. The quantitative estimate of drug-likeness (QED) is 0.195. The lowest BCUT2D eigenvalue weighted by Gasteiger charge is -2.19. The van der Waals surface area contributed by atoms with Crippen LogP contribution in [-0.4, -0.2) is 29.8 Å². The van der Waals surface area contributed by atoms with Crippen molar-refractivity contribution in [1.82, 2.24) is 4.98 Å². The zero-order valence-electron chi connectivity index (χ0n) is 20.7. The molecule has 0 saturated heterocycles. The molecule has 3 aromatic rings. The van der Waals surface area contributed by atoms with Crippen LogP contribution in [0.4, 0.5) is 10.6 Å². The van der Waals surface area contributed by atoms with E-state index in [1.807, 2.05) is 69.3 Å². The summed E-state index contributed by atoms with van der Waals surface area (Å²) in [5.41, 5.74) is 11.6. The lowest BCUT2D eigenvalue weighted by Crippen LogP contribution is -2.27. The number of carbonyl (C=O) groups excluding carboxylic acids is 1. The Morgan fingerprint density at radius 3 is 2.23 bits per heavy atom. The van der Waals surface area contributed by atoms with Crippen LogP contribution in [-0.2, 0) is 4.74 Å². The molecule has 7 nitrogen and oxygen atoms in total. The second-order valence-corrected chi connectivity index (χ2v) is 8.89. The van der Waals surface area contributed by atoms with E-state index in [0.29, 0.717) is 19.0 Å². The van der Waals surface area contributed by atoms with Crippen molar-refractivity contribution in [1.29, 1.82) is 5.53 Å². The van der Waals surface area contributed by atoms with Gasteiger partial charge in [-0.1, -0.05) is 49.4 Å². The zero-order valence-corrected chi connectivity index (χ0v) is 20.7. The highest BCUT2D eigenvalue weighted by molar-refractivity contribution is 5.98. The van der Waals surface area contributed by atoms with Crippen molar-refractivity contribution in [2.75, 3.05) is 18.5 Å². The van der Waals surface area contributed by atoms with Gasteiger partial charge in [0.2, 0.25) is 0 Å². The van der Waals surface area contributed by atoms with Gasteiger partial charge in [0.05, 0.1) is 6.54 Å². The van der Waals surface area contributed by atoms with Crippen molar-refractivity contribution in [3.8, 4) is 5.75 Å². The molecule has 0 fully saturated rings.